The van der Waals surface area contributed by atoms with E-state index in [2.05, 4.69) is 0 Å². The lowest BCUT2D eigenvalue weighted by Gasteiger charge is -2.12. The first kappa shape index (κ1) is 9.37. The van der Waals surface area contributed by atoms with E-state index in [-0.39, 0.29) is 0 Å². The Morgan fingerprint density at radius 2 is 2.07 bits per heavy atom. The molecule has 1 heterocycles. The predicted octanol–water partition coefficient (Wildman–Crippen LogP) is 1.54. The van der Waals surface area contributed by atoms with Crippen LogP contribution in [0.4, 0.5) is 4.79 Å². The smallest absolute Gasteiger partial charge is 0.407 e. The second-order valence-corrected chi connectivity index (χ2v) is 4.13. The van der Waals surface area contributed by atoms with Crippen molar-refractivity contribution in [1.29, 1.82) is 0 Å². The number of ether oxygens (including phenoxy) is 1. The van der Waals surface area contributed by atoms with E-state index in [0.29, 0.717) is 24.9 Å². The first-order valence-electron chi connectivity index (χ1n) is 4.89. The van der Waals surface area contributed by atoms with Gasteiger partial charge in [0.1, 0.15) is 0 Å². The van der Waals surface area contributed by atoms with Crippen molar-refractivity contribution in [3.63, 3.8) is 0 Å². The molecule has 0 radical (unpaired) electrons. The molecule has 0 bridgehead atoms. The van der Waals surface area contributed by atoms with Crippen molar-refractivity contribution in [2.24, 2.45) is 11.8 Å². The Morgan fingerprint density at radius 3 is 2.50 bits per heavy atom. The van der Waals surface area contributed by atoms with Gasteiger partial charge in [-0.3, -0.25) is 0 Å². The van der Waals surface area contributed by atoms with E-state index in [0.717, 1.165) is 12.8 Å². The van der Waals surface area contributed by atoms with Gasteiger partial charge in [-0.2, -0.15) is 0 Å². The minimum Gasteiger partial charge on any atom is -0.504 e. The number of carbonyl (C=O) groups is 1. The molecule has 1 N–H and O–H groups in total. The molecule has 0 aromatic carbocycles. The van der Waals surface area contributed by atoms with Gasteiger partial charge in [-0.25, -0.2) is 4.79 Å². The molecule has 2 fully saturated rings. The Labute approximate surface area is 83.2 Å². The van der Waals surface area contributed by atoms with E-state index in [4.69, 9.17) is 9.84 Å². The number of allylic oxidation sites excluding steroid dienone is 1. The number of methoxy groups -OCH3 is 1. The molecule has 2 atom stereocenters. The maximum absolute atomic E-state index is 10.7. The van der Waals surface area contributed by atoms with Crippen molar-refractivity contribution in [3.8, 4) is 0 Å². The SMILES string of the molecule is COC=C1CC2CN(C(=O)O)CC2C1. The van der Waals surface area contributed by atoms with E-state index < -0.39 is 6.09 Å². The summed E-state index contributed by atoms with van der Waals surface area (Å²) in [5, 5.41) is 8.82. The first-order valence-corrected chi connectivity index (χ1v) is 4.89. The van der Waals surface area contributed by atoms with Gasteiger partial charge < -0.3 is 14.7 Å². The summed E-state index contributed by atoms with van der Waals surface area (Å²) in [5.41, 5.74) is 1.33. The highest BCUT2D eigenvalue weighted by atomic mass is 16.5. The Morgan fingerprint density at radius 1 is 1.50 bits per heavy atom. The van der Waals surface area contributed by atoms with Crippen LogP contribution in [0.1, 0.15) is 12.8 Å². The first-order chi connectivity index (χ1) is 6.70. The summed E-state index contributed by atoms with van der Waals surface area (Å²) in [6, 6.07) is 0. The van der Waals surface area contributed by atoms with Crippen molar-refractivity contribution in [2.45, 2.75) is 12.8 Å². The third kappa shape index (κ3) is 1.56. The Hall–Kier alpha value is -1.19. The summed E-state index contributed by atoms with van der Waals surface area (Å²) in [6.45, 7) is 1.39. The molecular weight excluding hydrogens is 182 g/mol. The summed E-state index contributed by atoms with van der Waals surface area (Å²) in [5.74, 6) is 1.04. The van der Waals surface area contributed by atoms with E-state index in [1.165, 1.54) is 10.5 Å². The summed E-state index contributed by atoms with van der Waals surface area (Å²) in [4.78, 5) is 12.3. The molecule has 1 aliphatic heterocycles. The molecule has 2 unspecified atom stereocenters. The largest absolute Gasteiger partial charge is 0.504 e. The molecule has 2 rings (SSSR count). The summed E-state index contributed by atoms with van der Waals surface area (Å²) in [6.07, 6.45) is 3.03. The van der Waals surface area contributed by atoms with E-state index >= 15 is 0 Å². The lowest BCUT2D eigenvalue weighted by atomic mass is 10.0. The minimum absolute atomic E-state index is 0.521. The van der Waals surface area contributed by atoms with Crippen molar-refractivity contribution >= 4 is 6.09 Å². The molecular formula is C10H15NO3. The van der Waals surface area contributed by atoms with Gasteiger partial charge in [0.2, 0.25) is 0 Å². The third-order valence-electron chi connectivity index (χ3n) is 3.18. The zero-order chi connectivity index (χ0) is 10.1. The molecule has 1 saturated carbocycles. The Kier molecular flexibility index (Phi) is 2.35. The summed E-state index contributed by atoms with van der Waals surface area (Å²) >= 11 is 0. The quantitative estimate of drug-likeness (QED) is 0.648. The third-order valence-corrected chi connectivity index (χ3v) is 3.18. The molecule has 0 spiro atoms. The van der Waals surface area contributed by atoms with Gasteiger partial charge >= 0.3 is 6.09 Å². The van der Waals surface area contributed by atoms with Gasteiger partial charge in [-0.1, -0.05) is 0 Å². The van der Waals surface area contributed by atoms with Crippen molar-refractivity contribution in [1.82, 2.24) is 4.90 Å². The zero-order valence-electron chi connectivity index (χ0n) is 8.27. The standard InChI is InChI=1S/C10H15NO3/c1-14-6-7-2-8-4-11(10(12)13)5-9(8)3-7/h6,8-9H,2-5H2,1H3,(H,12,13). The number of amides is 1. The average molecular weight is 197 g/mol. The van der Waals surface area contributed by atoms with E-state index in [1.807, 2.05) is 6.26 Å². The van der Waals surface area contributed by atoms with Gasteiger partial charge in [0.05, 0.1) is 13.4 Å². The minimum atomic E-state index is -0.781. The van der Waals surface area contributed by atoms with Crippen LogP contribution in [0.5, 0.6) is 0 Å². The van der Waals surface area contributed by atoms with Crippen LogP contribution in [-0.2, 0) is 4.74 Å². The fraction of sp³-hybridized carbons (Fsp3) is 0.700. The van der Waals surface area contributed by atoms with Crippen LogP contribution in [0.2, 0.25) is 0 Å². The van der Waals surface area contributed by atoms with Crippen molar-refractivity contribution < 1.29 is 14.6 Å². The summed E-state index contributed by atoms with van der Waals surface area (Å²) in [7, 11) is 1.66. The molecule has 2 aliphatic rings. The van der Waals surface area contributed by atoms with Gasteiger partial charge in [-0.05, 0) is 30.3 Å². The van der Waals surface area contributed by atoms with Crippen molar-refractivity contribution in [2.75, 3.05) is 20.2 Å². The van der Waals surface area contributed by atoms with Gasteiger partial charge in [0.15, 0.2) is 0 Å². The Balaban J connectivity index is 1.96. The van der Waals surface area contributed by atoms with Crippen LogP contribution in [0.15, 0.2) is 11.8 Å². The number of hydrogen-bond acceptors (Lipinski definition) is 2. The molecule has 1 saturated heterocycles. The molecule has 78 valence electrons. The van der Waals surface area contributed by atoms with Gasteiger partial charge in [0.25, 0.3) is 0 Å². The monoisotopic (exact) mass is 197 g/mol. The highest BCUT2D eigenvalue weighted by molar-refractivity contribution is 5.65. The second-order valence-electron chi connectivity index (χ2n) is 4.13. The molecule has 4 heteroatoms. The number of fused-ring (bicyclic) bond motifs is 1. The topological polar surface area (TPSA) is 49.8 Å². The van der Waals surface area contributed by atoms with E-state index in [9.17, 15) is 4.79 Å². The highest BCUT2D eigenvalue weighted by Crippen LogP contribution is 2.40. The predicted molar refractivity (Wildman–Crippen MR) is 50.9 cm³/mol. The maximum atomic E-state index is 10.7. The molecule has 1 aliphatic carbocycles. The highest BCUT2D eigenvalue weighted by Gasteiger charge is 2.40. The molecule has 4 nitrogen and oxygen atoms in total. The van der Waals surface area contributed by atoms with Crippen LogP contribution in [0, 0.1) is 11.8 Å². The van der Waals surface area contributed by atoms with Crippen LogP contribution in [0.3, 0.4) is 0 Å². The number of rotatable bonds is 1. The van der Waals surface area contributed by atoms with Gasteiger partial charge in [-0.15, -0.1) is 0 Å². The lowest BCUT2D eigenvalue weighted by molar-refractivity contribution is 0.152. The average Bonchev–Trinajstić information content (AvgIpc) is 2.61. The molecule has 0 aromatic rings. The number of carboxylic acid groups (broad SMARTS) is 1. The fourth-order valence-corrected chi connectivity index (χ4v) is 2.58. The molecule has 14 heavy (non-hydrogen) atoms. The second kappa shape index (κ2) is 3.52. The number of likely N-dealkylation sites (tertiary alicyclic amines) is 1. The van der Waals surface area contributed by atoms with Gasteiger partial charge in [0, 0.05) is 13.1 Å². The summed E-state index contributed by atoms with van der Waals surface area (Å²) < 4.78 is 4.97. The zero-order valence-corrected chi connectivity index (χ0v) is 8.27. The number of nitrogens with zero attached hydrogens (tertiary/aromatic N) is 1. The maximum Gasteiger partial charge on any atom is 0.407 e. The lowest BCUT2D eigenvalue weighted by Crippen LogP contribution is -2.27. The normalized spacial score (nSPS) is 30.4. The Bertz CT molecular complexity index is 259. The van der Waals surface area contributed by atoms with Crippen molar-refractivity contribution in [3.05, 3.63) is 11.8 Å². The molecule has 1 amide bonds. The number of hydrogen-bond donors (Lipinski definition) is 1. The molecule has 0 aromatic heterocycles. The van der Waals surface area contributed by atoms with Crippen LogP contribution < -0.4 is 0 Å². The van der Waals surface area contributed by atoms with Crippen LogP contribution >= 0.6 is 0 Å². The van der Waals surface area contributed by atoms with Crippen LogP contribution in [-0.4, -0.2) is 36.3 Å². The van der Waals surface area contributed by atoms with E-state index in [1.54, 1.807) is 7.11 Å². The van der Waals surface area contributed by atoms with Crippen LogP contribution in [0.25, 0.3) is 0 Å². The fourth-order valence-electron chi connectivity index (χ4n) is 2.58.